The molecule has 0 amide bonds. The van der Waals surface area contributed by atoms with Crippen molar-refractivity contribution in [3.63, 3.8) is 0 Å². The lowest BCUT2D eigenvalue weighted by atomic mass is 10.1. The molecule has 1 saturated heterocycles. The maximum Gasteiger partial charge on any atom is 0.194 e. The first-order chi connectivity index (χ1) is 16.2. The number of aromatic amines is 1. The SMILES string of the molecule is CCNC(=NCc1ccc(CN2CCOCC2)cc1)N(C)Cc1ncc(-c2ccccc2)[nH]1. The fraction of sp³-hybridized carbons (Fsp3) is 0.385. The minimum absolute atomic E-state index is 0.637. The molecule has 7 nitrogen and oxygen atoms in total. The van der Waals surface area contributed by atoms with Crippen LogP contribution in [0.4, 0.5) is 0 Å². The maximum atomic E-state index is 5.44. The van der Waals surface area contributed by atoms with Gasteiger partial charge in [0.05, 0.1) is 38.2 Å². The highest BCUT2D eigenvalue weighted by Crippen LogP contribution is 2.16. The molecule has 0 saturated carbocycles. The van der Waals surface area contributed by atoms with E-state index in [2.05, 4.69) is 68.4 Å². The summed E-state index contributed by atoms with van der Waals surface area (Å²) in [6, 6.07) is 19.0. The molecule has 7 heteroatoms. The molecule has 2 aromatic carbocycles. The van der Waals surface area contributed by atoms with Crippen LogP contribution in [-0.4, -0.2) is 65.6 Å². The second kappa shape index (κ2) is 11.6. The number of ether oxygens (including phenoxy) is 1. The van der Waals surface area contributed by atoms with Gasteiger partial charge in [0.25, 0.3) is 0 Å². The van der Waals surface area contributed by atoms with E-state index in [-0.39, 0.29) is 0 Å². The standard InChI is InChI=1S/C26H34N6O/c1-3-27-26(31(2)20-25-28-18-24(30-25)23-7-5-4-6-8-23)29-17-21-9-11-22(12-10-21)19-32-13-15-33-16-14-32/h4-12,18H,3,13-17,19-20H2,1-2H3,(H,27,29)(H,28,30). The molecule has 174 valence electrons. The van der Waals surface area contributed by atoms with Crippen LogP contribution in [0.5, 0.6) is 0 Å². The predicted octanol–water partition coefficient (Wildman–Crippen LogP) is 3.51. The summed E-state index contributed by atoms with van der Waals surface area (Å²) in [5.41, 5.74) is 4.70. The van der Waals surface area contributed by atoms with Gasteiger partial charge in [0.1, 0.15) is 5.82 Å². The minimum atomic E-state index is 0.637. The lowest BCUT2D eigenvalue weighted by Crippen LogP contribution is -2.38. The molecule has 1 fully saturated rings. The second-order valence-electron chi connectivity index (χ2n) is 8.34. The first-order valence-corrected chi connectivity index (χ1v) is 11.7. The van der Waals surface area contributed by atoms with Gasteiger partial charge in [-0.25, -0.2) is 9.98 Å². The lowest BCUT2D eigenvalue weighted by molar-refractivity contribution is 0.0342. The normalized spacial score (nSPS) is 14.9. The molecule has 2 heterocycles. The zero-order chi connectivity index (χ0) is 22.9. The van der Waals surface area contributed by atoms with E-state index in [0.717, 1.165) is 62.4 Å². The van der Waals surface area contributed by atoms with E-state index in [9.17, 15) is 0 Å². The minimum Gasteiger partial charge on any atom is -0.379 e. The Morgan fingerprint density at radius 1 is 1.09 bits per heavy atom. The molecule has 0 spiro atoms. The van der Waals surface area contributed by atoms with Crippen LogP contribution in [0.3, 0.4) is 0 Å². The van der Waals surface area contributed by atoms with E-state index >= 15 is 0 Å². The molecule has 0 unspecified atom stereocenters. The highest BCUT2D eigenvalue weighted by molar-refractivity contribution is 5.79. The molecule has 2 N–H and O–H groups in total. The van der Waals surface area contributed by atoms with Gasteiger partial charge in [-0.1, -0.05) is 54.6 Å². The van der Waals surface area contributed by atoms with Crippen LogP contribution >= 0.6 is 0 Å². The highest BCUT2D eigenvalue weighted by atomic mass is 16.5. The maximum absolute atomic E-state index is 5.44. The molecule has 0 radical (unpaired) electrons. The van der Waals surface area contributed by atoms with Crippen LogP contribution in [0, 0.1) is 0 Å². The van der Waals surface area contributed by atoms with Crippen molar-refractivity contribution in [3.8, 4) is 11.3 Å². The Balaban J connectivity index is 1.35. The molecule has 3 aromatic rings. The number of aliphatic imine (C=N–C) groups is 1. The number of H-pyrrole nitrogens is 1. The zero-order valence-corrected chi connectivity index (χ0v) is 19.6. The average Bonchev–Trinajstić information content (AvgIpc) is 3.32. The molecule has 1 aromatic heterocycles. The number of nitrogens with one attached hydrogen (secondary N) is 2. The van der Waals surface area contributed by atoms with Gasteiger partial charge in [0, 0.05) is 33.2 Å². The first kappa shape index (κ1) is 23.0. The number of benzene rings is 2. The topological polar surface area (TPSA) is 68.8 Å². The molecule has 0 bridgehead atoms. The van der Waals surface area contributed by atoms with Crippen molar-refractivity contribution in [2.75, 3.05) is 39.9 Å². The van der Waals surface area contributed by atoms with E-state index in [1.807, 2.05) is 31.4 Å². The third-order valence-electron chi connectivity index (χ3n) is 5.74. The summed E-state index contributed by atoms with van der Waals surface area (Å²) < 4.78 is 5.44. The van der Waals surface area contributed by atoms with Gasteiger partial charge in [-0.15, -0.1) is 0 Å². The monoisotopic (exact) mass is 446 g/mol. The van der Waals surface area contributed by atoms with Crippen molar-refractivity contribution < 1.29 is 4.74 Å². The number of imidazole rings is 1. The quantitative estimate of drug-likeness (QED) is 0.409. The Hall–Kier alpha value is -3.16. The first-order valence-electron chi connectivity index (χ1n) is 11.7. The number of rotatable bonds is 8. The van der Waals surface area contributed by atoms with E-state index < -0.39 is 0 Å². The summed E-state index contributed by atoms with van der Waals surface area (Å²) in [5.74, 6) is 1.78. The van der Waals surface area contributed by atoms with Crippen molar-refractivity contribution >= 4 is 5.96 Å². The molecule has 4 rings (SSSR count). The van der Waals surface area contributed by atoms with Crippen LogP contribution in [0.15, 0.2) is 65.8 Å². The second-order valence-corrected chi connectivity index (χ2v) is 8.34. The smallest absolute Gasteiger partial charge is 0.194 e. The van der Waals surface area contributed by atoms with Crippen LogP contribution in [0.2, 0.25) is 0 Å². The Labute approximate surface area is 196 Å². The molecule has 33 heavy (non-hydrogen) atoms. The van der Waals surface area contributed by atoms with Crippen LogP contribution in [-0.2, 0) is 24.4 Å². The third kappa shape index (κ3) is 6.66. The van der Waals surface area contributed by atoms with Gasteiger partial charge in [0.2, 0.25) is 0 Å². The predicted molar refractivity (Wildman–Crippen MR) is 133 cm³/mol. The average molecular weight is 447 g/mol. The number of morpholine rings is 1. The van der Waals surface area contributed by atoms with E-state index in [4.69, 9.17) is 9.73 Å². The summed E-state index contributed by atoms with van der Waals surface area (Å²) in [7, 11) is 2.04. The Morgan fingerprint density at radius 3 is 2.55 bits per heavy atom. The summed E-state index contributed by atoms with van der Waals surface area (Å²) in [6.45, 7) is 8.85. The Morgan fingerprint density at radius 2 is 1.82 bits per heavy atom. The summed E-state index contributed by atoms with van der Waals surface area (Å²) in [4.78, 5) is 17.4. The van der Waals surface area contributed by atoms with Crippen molar-refractivity contribution in [3.05, 3.63) is 77.7 Å². The van der Waals surface area contributed by atoms with Crippen LogP contribution in [0.25, 0.3) is 11.3 Å². The number of hydrogen-bond donors (Lipinski definition) is 2. The summed E-state index contributed by atoms with van der Waals surface area (Å²) in [6.07, 6.45) is 1.89. The largest absolute Gasteiger partial charge is 0.379 e. The van der Waals surface area contributed by atoms with Gasteiger partial charge in [-0.3, -0.25) is 4.90 Å². The van der Waals surface area contributed by atoms with Crippen molar-refractivity contribution in [1.82, 2.24) is 25.1 Å². The molecular weight excluding hydrogens is 412 g/mol. The van der Waals surface area contributed by atoms with Gasteiger partial charge < -0.3 is 19.9 Å². The van der Waals surface area contributed by atoms with E-state index in [1.165, 1.54) is 11.1 Å². The summed E-state index contributed by atoms with van der Waals surface area (Å²) in [5, 5.41) is 3.39. The van der Waals surface area contributed by atoms with Crippen LogP contribution < -0.4 is 5.32 Å². The highest BCUT2D eigenvalue weighted by Gasteiger charge is 2.12. The van der Waals surface area contributed by atoms with Gasteiger partial charge in [-0.2, -0.15) is 0 Å². The van der Waals surface area contributed by atoms with Crippen molar-refractivity contribution in [2.45, 2.75) is 26.6 Å². The fourth-order valence-electron chi connectivity index (χ4n) is 3.91. The number of guanidine groups is 1. The Kier molecular flexibility index (Phi) is 8.11. The van der Waals surface area contributed by atoms with Crippen LogP contribution in [0.1, 0.15) is 23.9 Å². The zero-order valence-electron chi connectivity index (χ0n) is 19.6. The fourth-order valence-corrected chi connectivity index (χ4v) is 3.91. The molecule has 0 atom stereocenters. The molecule has 1 aliphatic rings. The Bertz CT molecular complexity index is 1010. The number of nitrogens with zero attached hydrogens (tertiary/aromatic N) is 4. The molecule has 1 aliphatic heterocycles. The van der Waals surface area contributed by atoms with Crippen molar-refractivity contribution in [2.24, 2.45) is 4.99 Å². The summed E-state index contributed by atoms with van der Waals surface area (Å²) >= 11 is 0. The lowest BCUT2D eigenvalue weighted by Gasteiger charge is -2.26. The number of aromatic nitrogens is 2. The van der Waals surface area contributed by atoms with Gasteiger partial charge in [0.15, 0.2) is 5.96 Å². The molecular formula is C26H34N6O. The van der Waals surface area contributed by atoms with Crippen molar-refractivity contribution in [1.29, 1.82) is 0 Å². The van der Waals surface area contributed by atoms with Gasteiger partial charge >= 0.3 is 0 Å². The molecule has 0 aliphatic carbocycles. The van der Waals surface area contributed by atoms with Gasteiger partial charge in [-0.05, 0) is 23.6 Å². The van der Waals surface area contributed by atoms with E-state index in [0.29, 0.717) is 13.1 Å². The third-order valence-corrected chi connectivity index (χ3v) is 5.74. The van der Waals surface area contributed by atoms with E-state index in [1.54, 1.807) is 0 Å². The number of hydrogen-bond acceptors (Lipinski definition) is 4.